The van der Waals surface area contributed by atoms with E-state index in [9.17, 15) is 0 Å². The van der Waals surface area contributed by atoms with Gasteiger partial charge in [-0.25, -0.2) is 0 Å². The first-order valence-corrected chi connectivity index (χ1v) is 7.93. The molecule has 0 spiro atoms. The molecule has 108 valence electrons. The molecule has 5 rings (SSSR count). The van der Waals surface area contributed by atoms with Crippen molar-refractivity contribution in [2.24, 2.45) is 0 Å². The number of fused-ring (bicyclic) bond motifs is 7. The van der Waals surface area contributed by atoms with Gasteiger partial charge >= 0.3 is 0 Å². The Labute approximate surface area is 136 Å². The van der Waals surface area contributed by atoms with Gasteiger partial charge in [-0.15, -0.1) is 0 Å². The van der Waals surface area contributed by atoms with Crippen LogP contribution in [0.1, 0.15) is 25.0 Å². The van der Waals surface area contributed by atoms with Crippen LogP contribution in [0.2, 0.25) is 0 Å². The number of furan rings is 1. The third kappa shape index (κ3) is 1.49. The lowest BCUT2D eigenvalue weighted by atomic mass is 9.82. The minimum atomic E-state index is -0.0753. The van der Waals surface area contributed by atoms with Gasteiger partial charge in [0.2, 0.25) is 0 Å². The molecule has 2 radical (unpaired) electrons. The molecule has 0 bridgehead atoms. The van der Waals surface area contributed by atoms with Crippen LogP contribution in [-0.4, -0.2) is 7.85 Å². The van der Waals surface area contributed by atoms with E-state index in [1.807, 2.05) is 12.1 Å². The zero-order valence-electron chi connectivity index (χ0n) is 13.2. The molecular formula is C21H15BO. The number of hydrogen-bond acceptors (Lipinski definition) is 1. The van der Waals surface area contributed by atoms with Crippen LogP contribution in [0.25, 0.3) is 33.1 Å². The Morgan fingerprint density at radius 1 is 0.783 bits per heavy atom. The predicted octanol–water partition coefficient (Wildman–Crippen LogP) is 4.69. The van der Waals surface area contributed by atoms with Crippen LogP contribution in [0.5, 0.6) is 0 Å². The summed E-state index contributed by atoms with van der Waals surface area (Å²) >= 11 is 0. The van der Waals surface area contributed by atoms with Gasteiger partial charge in [0, 0.05) is 21.8 Å². The molecule has 23 heavy (non-hydrogen) atoms. The van der Waals surface area contributed by atoms with Crippen molar-refractivity contribution in [3.63, 3.8) is 0 Å². The van der Waals surface area contributed by atoms with Crippen molar-refractivity contribution in [1.29, 1.82) is 0 Å². The van der Waals surface area contributed by atoms with E-state index in [1.165, 1.54) is 22.3 Å². The molecule has 1 heterocycles. The topological polar surface area (TPSA) is 13.1 Å². The molecule has 0 saturated heterocycles. The summed E-state index contributed by atoms with van der Waals surface area (Å²) in [5.74, 6) is 0. The van der Waals surface area contributed by atoms with Crippen LogP contribution in [0, 0.1) is 0 Å². The van der Waals surface area contributed by atoms with Crippen molar-refractivity contribution in [3.05, 3.63) is 65.7 Å². The minimum absolute atomic E-state index is 0.0753. The van der Waals surface area contributed by atoms with Crippen molar-refractivity contribution in [2.75, 3.05) is 0 Å². The highest BCUT2D eigenvalue weighted by atomic mass is 16.3. The van der Waals surface area contributed by atoms with E-state index in [1.54, 1.807) is 0 Å². The van der Waals surface area contributed by atoms with Gasteiger partial charge in [-0.3, -0.25) is 0 Å². The van der Waals surface area contributed by atoms with Crippen molar-refractivity contribution in [2.45, 2.75) is 19.3 Å². The second-order valence-electron chi connectivity index (χ2n) is 6.86. The first-order chi connectivity index (χ1) is 11.1. The highest BCUT2D eigenvalue weighted by Crippen LogP contribution is 2.52. The van der Waals surface area contributed by atoms with Gasteiger partial charge < -0.3 is 4.42 Å². The molecule has 1 nitrogen and oxygen atoms in total. The third-order valence-electron chi connectivity index (χ3n) is 5.21. The van der Waals surface area contributed by atoms with Crippen LogP contribution < -0.4 is 5.46 Å². The summed E-state index contributed by atoms with van der Waals surface area (Å²) in [6.45, 7) is 4.54. The Bertz CT molecular complexity index is 1100. The monoisotopic (exact) mass is 294 g/mol. The lowest BCUT2D eigenvalue weighted by Crippen LogP contribution is -2.15. The Morgan fingerprint density at radius 3 is 2.43 bits per heavy atom. The lowest BCUT2D eigenvalue weighted by Gasteiger charge is -2.21. The predicted molar refractivity (Wildman–Crippen MR) is 96.7 cm³/mol. The molecule has 3 aromatic carbocycles. The van der Waals surface area contributed by atoms with Crippen LogP contribution in [0.15, 0.2) is 59.0 Å². The van der Waals surface area contributed by atoms with Crippen molar-refractivity contribution in [3.8, 4) is 11.1 Å². The maximum absolute atomic E-state index is 6.27. The SMILES string of the molecule is [B]c1cccc2c1oc1c3c(ccc12)-c1ccccc1C3(C)C. The molecule has 0 N–H and O–H groups in total. The largest absolute Gasteiger partial charge is 0.456 e. The maximum Gasteiger partial charge on any atom is 0.140 e. The molecule has 4 aromatic rings. The smallest absolute Gasteiger partial charge is 0.140 e. The Morgan fingerprint density at radius 2 is 1.57 bits per heavy atom. The number of para-hydroxylation sites is 1. The zero-order valence-corrected chi connectivity index (χ0v) is 13.2. The quantitative estimate of drug-likeness (QED) is 0.429. The fourth-order valence-electron chi connectivity index (χ4n) is 4.13. The summed E-state index contributed by atoms with van der Waals surface area (Å²) in [6.07, 6.45) is 0. The van der Waals surface area contributed by atoms with E-state index in [-0.39, 0.29) is 5.41 Å². The molecule has 0 amide bonds. The second-order valence-corrected chi connectivity index (χ2v) is 6.86. The minimum Gasteiger partial charge on any atom is -0.456 e. The summed E-state index contributed by atoms with van der Waals surface area (Å²) in [4.78, 5) is 0. The van der Waals surface area contributed by atoms with E-state index < -0.39 is 0 Å². The van der Waals surface area contributed by atoms with E-state index in [0.29, 0.717) is 5.46 Å². The fourth-order valence-corrected chi connectivity index (χ4v) is 4.13. The summed E-state index contributed by atoms with van der Waals surface area (Å²) < 4.78 is 6.27. The molecule has 1 aliphatic rings. The van der Waals surface area contributed by atoms with Crippen molar-refractivity contribution >= 4 is 35.2 Å². The summed E-state index contributed by atoms with van der Waals surface area (Å²) in [5, 5.41) is 2.24. The standard InChI is InChI=1S/C21H15BO/c1-21(2)16-8-4-3-6-12(16)13-10-11-15-14-7-5-9-17(22)19(14)23-20(15)18(13)21/h3-11H,1-2H3. The average Bonchev–Trinajstić information content (AvgIpc) is 3.03. The molecule has 2 heteroatoms. The molecule has 1 aliphatic carbocycles. The molecule has 1 aromatic heterocycles. The number of hydrogen-bond donors (Lipinski definition) is 0. The second kappa shape index (κ2) is 4.08. The first kappa shape index (κ1) is 13.0. The van der Waals surface area contributed by atoms with Crippen LogP contribution in [0.4, 0.5) is 0 Å². The molecule has 0 atom stereocenters. The molecular weight excluding hydrogens is 279 g/mol. The van der Waals surface area contributed by atoms with Crippen molar-refractivity contribution in [1.82, 2.24) is 0 Å². The number of rotatable bonds is 0. The number of benzene rings is 3. The van der Waals surface area contributed by atoms with Crippen LogP contribution >= 0.6 is 0 Å². The third-order valence-corrected chi connectivity index (χ3v) is 5.21. The van der Waals surface area contributed by atoms with E-state index in [4.69, 9.17) is 12.3 Å². The van der Waals surface area contributed by atoms with Gasteiger partial charge in [-0.1, -0.05) is 67.8 Å². The molecule has 0 fully saturated rings. The Kier molecular flexibility index (Phi) is 2.31. The van der Waals surface area contributed by atoms with Crippen LogP contribution in [0.3, 0.4) is 0 Å². The molecule has 0 unspecified atom stereocenters. The molecule has 0 saturated carbocycles. The van der Waals surface area contributed by atoms with E-state index in [2.05, 4.69) is 56.3 Å². The zero-order chi connectivity index (χ0) is 15.8. The van der Waals surface area contributed by atoms with Gasteiger partial charge in [0.1, 0.15) is 19.0 Å². The Balaban J connectivity index is 1.99. The Hall–Kier alpha value is -2.48. The van der Waals surface area contributed by atoms with Gasteiger partial charge in [-0.05, 0) is 22.8 Å². The summed E-state index contributed by atoms with van der Waals surface area (Å²) in [7, 11) is 6.12. The van der Waals surface area contributed by atoms with Crippen molar-refractivity contribution < 1.29 is 4.42 Å². The highest BCUT2D eigenvalue weighted by molar-refractivity contribution is 6.39. The average molecular weight is 294 g/mol. The summed E-state index contributed by atoms with van der Waals surface area (Å²) in [6, 6.07) is 19.0. The van der Waals surface area contributed by atoms with Crippen LogP contribution in [-0.2, 0) is 5.41 Å². The maximum atomic E-state index is 6.27. The lowest BCUT2D eigenvalue weighted by molar-refractivity contribution is 0.621. The van der Waals surface area contributed by atoms with Gasteiger partial charge in [0.15, 0.2) is 0 Å². The fraction of sp³-hybridized carbons (Fsp3) is 0.143. The van der Waals surface area contributed by atoms with Gasteiger partial charge in [0.25, 0.3) is 0 Å². The molecule has 0 aliphatic heterocycles. The van der Waals surface area contributed by atoms with E-state index in [0.717, 1.165) is 21.9 Å². The first-order valence-electron chi connectivity index (χ1n) is 7.93. The van der Waals surface area contributed by atoms with Gasteiger partial charge in [-0.2, -0.15) is 0 Å². The van der Waals surface area contributed by atoms with E-state index >= 15 is 0 Å². The van der Waals surface area contributed by atoms with Gasteiger partial charge in [0.05, 0.1) is 0 Å². The normalized spacial score (nSPS) is 15.0. The summed E-state index contributed by atoms with van der Waals surface area (Å²) in [5.41, 5.74) is 7.59. The highest BCUT2D eigenvalue weighted by Gasteiger charge is 2.38.